The molecule has 174 valence electrons. The largest absolute Gasteiger partial charge is 0.496 e. The fraction of sp³-hybridized carbons (Fsp3) is 0.393. The average Bonchev–Trinajstić information content (AvgIpc) is 3.25. The van der Waals surface area contributed by atoms with Gasteiger partial charge in [-0.2, -0.15) is 0 Å². The van der Waals surface area contributed by atoms with Gasteiger partial charge in [-0.15, -0.1) is 0 Å². The monoisotopic (exact) mass is 447 g/mol. The first kappa shape index (κ1) is 23.0. The van der Waals surface area contributed by atoms with Crippen LogP contribution in [0.25, 0.3) is 27.7 Å². The number of nitrogens with one attached hydrogen (secondary N) is 1. The van der Waals surface area contributed by atoms with Crippen LogP contribution in [0.15, 0.2) is 47.1 Å². The van der Waals surface area contributed by atoms with Crippen LogP contribution in [0, 0.1) is 6.92 Å². The van der Waals surface area contributed by atoms with Crippen molar-refractivity contribution >= 4 is 22.4 Å². The molecular formula is C28H33NO4. The Morgan fingerprint density at radius 2 is 1.94 bits per heavy atom. The predicted molar refractivity (Wildman–Crippen MR) is 133 cm³/mol. The number of amides is 1. The van der Waals surface area contributed by atoms with Crippen molar-refractivity contribution in [1.29, 1.82) is 0 Å². The number of furan rings is 1. The molecule has 1 amide bonds. The van der Waals surface area contributed by atoms with Gasteiger partial charge in [-0.05, 0) is 51.3 Å². The summed E-state index contributed by atoms with van der Waals surface area (Å²) >= 11 is 0. The van der Waals surface area contributed by atoms with E-state index >= 15 is 0 Å². The molecule has 1 fully saturated rings. The zero-order valence-corrected chi connectivity index (χ0v) is 20.0. The number of para-hydroxylation sites is 1. The maximum atomic E-state index is 12.8. The Bertz CT molecular complexity index is 1170. The summed E-state index contributed by atoms with van der Waals surface area (Å²) in [4.78, 5) is 12.8. The van der Waals surface area contributed by atoms with Crippen LogP contribution in [-0.4, -0.2) is 25.7 Å². The summed E-state index contributed by atoms with van der Waals surface area (Å²) in [6.45, 7) is 6.46. The van der Waals surface area contributed by atoms with E-state index < -0.39 is 0 Å². The summed E-state index contributed by atoms with van der Waals surface area (Å²) in [5.74, 6) is 1.49. The lowest BCUT2D eigenvalue weighted by Gasteiger charge is -2.22. The van der Waals surface area contributed by atoms with Crippen LogP contribution in [-0.2, 0) is 4.79 Å². The SMILES string of the molecule is CCOc1c(/C(C)=C/C(=O)NC2CCCCC2)cc2c(-c3ccccc3OC)coc2c1C. The average molecular weight is 448 g/mol. The topological polar surface area (TPSA) is 60.7 Å². The summed E-state index contributed by atoms with van der Waals surface area (Å²) in [5.41, 5.74) is 5.38. The van der Waals surface area contributed by atoms with Crippen molar-refractivity contribution in [1.82, 2.24) is 5.32 Å². The number of carbonyl (C=O) groups excluding carboxylic acids is 1. The second-order valence-electron chi connectivity index (χ2n) is 8.71. The minimum atomic E-state index is -0.0447. The van der Waals surface area contributed by atoms with E-state index in [2.05, 4.69) is 11.4 Å². The molecule has 1 N–H and O–H groups in total. The van der Waals surface area contributed by atoms with E-state index in [-0.39, 0.29) is 11.9 Å². The first-order chi connectivity index (χ1) is 16.0. The Morgan fingerprint density at radius 3 is 2.67 bits per heavy atom. The van der Waals surface area contributed by atoms with Crippen molar-refractivity contribution < 1.29 is 18.7 Å². The molecule has 1 saturated carbocycles. The summed E-state index contributed by atoms with van der Waals surface area (Å²) in [7, 11) is 1.67. The van der Waals surface area contributed by atoms with Crippen molar-refractivity contribution in [3.05, 3.63) is 53.8 Å². The lowest BCUT2D eigenvalue weighted by molar-refractivity contribution is -0.117. The number of benzene rings is 2. The molecule has 1 aliphatic rings. The van der Waals surface area contributed by atoms with E-state index in [0.29, 0.717) is 6.61 Å². The molecule has 0 unspecified atom stereocenters. The highest BCUT2D eigenvalue weighted by Crippen LogP contribution is 2.42. The van der Waals surface area contributed by atoms with Crippen LogP contribution < -0.4 is 14.8 Å². The Hall–Kier alpha value is -3.21. The number of hydrogen-bond acceptors (Lipinski definition) is 4. The van der Waals surface area contributed by atoms with Gasteiger partial charge in [0.15, 0.2) is 0 Å². The highest BCUT2D eigenvalue weighted by Gasteiger charge is 2.21. The van der Waals surface area contributed by atoms with Gasteiger partial charge in [0.2, 0.25) is 5.91 Å². The number of hydrogen-bond donors (Lipinski definition) is 1. The van der Waals surface area contributed by atoms with Crippen LogP contribution in [0.5, 0.6) is 11.5 Å². The zero-order valence-electron chi connectivity index (χ0n) is 20.0. The van der Waals surface area contributed by atoms with Crippen molar-refractivity contribution in [2.75, 3.05) is 13.7 Å². The number of carbonyl (C=O) groups is 1. The van der Waals surface area contributed by atoms with Gasteiger partial charge in [0.05, 0.1) is 20.0 Å². The number of rotatable bonds is 7. The molecule has 2 aromatic carbocycles. The molecular weight excluding hydrogens is 414 g/mol. The van der Waals surface area contributed by atoms with Gasteiger partial charge in [0.25, 0.3) is 0 Å². The van der Waals surface area contributed by atoms with Crippen LogP contribution >= 0.6 is 0 Å². The number of allylic oxidation sites excluding steroid dienone is 1. The maximum Gasteiger partial charge on any atom is 0.244 e. The highest BCUT2D eigenvalue weighted by molar-refractivity contribution is 6.02. The van der Waals surface area contributed by atoms with E-state index in [0.717, 1.165) is 63.1 Å². The minimum Gasteiger partial charge on any atom is -0.496 e. The molecule has 33 heavy (non-hydrogen) atoms. The molecule has 0 saturated heterocycles. The molecule has 0 bridgehead atoms. The van der Waals surface area contributed by atoms with Crippen LogP contribution in [0.3, 0.4) is 0 Å². The number of ether oxygens (including phenoxy) is 2. The van der Waals surface area contributed by atoms with Gasteiger partial charge in [-0.3, -0.25) is 4.79 Å². The van der Waals surface area contributed by atoms with Crippen molar-refractivity contribution in [3.63, 3.8) is 0 Å². The number of aryl methyl sites for hydroxylation is 1. The molecule has 1 aromatic heterocycles. The maximum absolute atomic E-state index is 12.8. The fourth-order valence-corrected chi connectivity index (χ4v) is 4.78. The third-order valence-corrected chi connectivity index (χ3v) is 6.45. The van der Waals surface area contributed by atoms with Crippen molar-refractivity contribution in [3.8, 4) is 22.6 Å². The molecule has 0 spiro atoms. The van der Waals surface area contributed by atoms with E-state index in [1.54, 1.807) is 19.4 Å². The molecule has 0 atom stereocenters. The minimum absolute atomic E-state index is 0.0447. The smallest absolute Gasteiger partial charge is 0.244 e. The van der Waals surface area contributed by atoms with Gasteiger partial charge in [-0.25, -0.2) is 0 Å². The molecule has 3 aromatic rings. The zero-order chi connectivity index (χ0) is 23.4. The summed E-state index contributed by atoms with van der Waals surface area (Å²) in [6.07, 6.45) is 9.21. The molecule has 0 radical (unpaired) electrons. The molecule has 4 rings (SSSR count). The molecule has 1 heterocycles. The van der Waals surface area contributed by atoms with Crippen LogP contribution in [0.4, 0.5) is 0 Å². The third-order valence-electron chi connectivity index (χ3n) is 6.45. The normalized spacial score (nSPS) is 15.0. The summed E-state index contributed by atoms with van der Waals surface area (Å²) in [6, 6.07) is 10.2. The van der Waals surface area contributed by atoms with E-state index in [1.165, 1.54) is 19.3 Å². The Kier molecular flexibility index (Phi) is 7.07. The van der Waals surface area contributed by atoms with Gasteiger partial charge in [0.1, 0.15) is 17.1 Å². The van der Waals surface area contributed by atoms with Gasteiger partial charge in [0, 0.05) is 39.8 Å². The molecule has 1 aliphatic carbocycles. The lowest BCUT2D eigenvalue weighted by atomic mass is 9.95. The molecule has 5 nitrogen and oxygen atoms in total. The summed E-state index contributed by atoms with van der Waals surface area (Å²) in [5, 5.41) is 4.15. The van der Waals surface area contributed by atoms with Gasteiger partial charge in [-0.1, -0.05) is 37.5 Å². The van der Waals surface area contributed by atoms with Gasteiger partial charge >= 0.3 is 0 Å². The Balaban J connectivity index is 1.77. The molecule has 5 heteroatoms. The van der Waals surface area contributed by atoms with Gasteiger partial charge < -0.3 is 19.2 Å². The first-order valence-electron chi connectivity index (χ1n) is 11.8. The van der Waals surface area contributed by atoms with E-state index in [4.69, 9.17) is 13.9 Å². The Morgan fingerprint density at radius 1 is 1.18 bits per heavy atom. The number of methoxy groups -OCH3 is 1. The lowest BCUT2D eigenvalue weighted by Crippen LogP contribution is -2.35. The second-order valence-corrected chi connectivity index (χ2v) is 8.71. The number of fused-ring (bicyclic) bond motifs is 1. The predicted octanol–water partition coefficient (Wildman–Crippen LogP) is 6.67. The second kappa shape index (κ2) is 10.2. The molecule has 0 aliphatic heterocycles. The standard InChI is InChI=1S/C28H33NO4/c1-5-32-27-19(3)28-23(24(17-33-28)21-13-9-10-14-25(21)31-4)16-22(27)18(2)15-26(30)29-20-11-7-6-8-12-20/h9-10,13-17,20H,5-8,11-12H2,1-4H3,(H,29,30)/b18-15+. The van der Waals surface area contributed by atoms with Crippen LogP contribution in [0.2, 0.25) is 0 Å². The summed E-state index contributed by atoms with van der Waals surface area (Å²) < 4.78 is 17.6. The third kappa shape index (κ3) is 4.77. The van der Waals surface area contributed by atoms with Crippen LogP contribution in [0.1, 0.15) is 57.1 Å². The van der Waals surface area contributed by atoms with Crippen molar-refractivity contribution in [2.24, 2.45) is 0 Å². The highest BCUT2D eigenvalue weighted by atomic mass is 16.5. The fourth-order valence-electron chi connectivity index (χ4n) is 4.78. The van der Waals surface area contributed by atoms with Crippen molar-refractivity contribution in [2.45, 2.75) is 58.9 Å². The van der Waals surface area contributed by atoms with E-state index in [9.17, 15) is 4.79 Å². The first-order valence-corrected chi connectivity index (χ1v) is 11.8. The quantitative estimate of drug-likeness (QED) is 0.411. The van der Waals surface area contributed by atoms with E-state index in [1.807, 2.05) is 45.0 Å². The Labute approximate surface area is 195 Å².